The van der Waals surface area contributed by atoms with Crippen LogP contribution in [0.2, 0.25) is 0 Å². The first-order valence-corrected chi connectivity index (χ1v) is 35.3. The minimum Gasteiger partial charge on any atom is -0.493 e. The molecule has 2 bridgehead atoms. The van der Waals surface area contributed by atoms with Crippen molar-refractivity contribution in [2.24, 2.45) is 0 Å². The smallest absolute Gasteiger partial charge is 0.411 e. The normalized spacial score (nSPS) is 33.8. The van der Waals surface area contributed by atoms with Gasteiger partial charge in [0.2, 0.25) is 5.78 Å². The van der Waals surface area contributed by atoms with Crippen LogP contribution in [0.25, 0.3) is 0 Å². The summed E-state index contributed by atoms with van der Waals surface area (Å²) in [5.41, 5.74) is -0.959. The van der Waals surface area contributed by atoms with Crippen LogP contribution in [0.4, 0.5) is 10.5 Å². The molecule has 498 valence electrons. The van der Waals surface area contributed by atoms with Gasteiger partial charge in [-0.1, -0.05) is 71.8 Å². The van der Waals surface area contributed by atoms with Crippen LogP contribution < -0.4 is 30.9 Å². The number of hydrogen-bond donors (Lipinski definition) is 8. The molecule has 0 radical (unpaired) electrons. The van der Waals surface area contributed by atoms with Crippen LogP contribution in [-0.4, -0.2) is 226 Å². The summed E-state index contributed by atoms with van der Waals surface area (Å²) in [5, 5.41) is 56.9. The number of hydroxylamine groups is 1. The number of fused-ring (bicyclic) bond motifs is 2. The molecule has 1 aromatic rings. The van der Waals surface area contributed by atoms with Crippen molar-refractivity contribution in [3.05, 3.63) is 65.1 Å². The lowest BCUT2D eigenvalue weighted by Crippen LogP contribution is -2.65. The van der Waals surface area contributed by atoms with Gasteiger partial charge in [-0.3, -0.25) is 19.7 Å². The fourth-order valence-corrected chi connectivity index (χ4v) is 16.6. The Balaban J connectivity index is 1.27. The van der Waals surface area contributed by atoms with E-state index in [1.165, 1.54) is 106 Å². The van der Waals surface area contributed by atoms with Crippen LogP contribution in [0.15, 0.2) is 59.5 Å². The Kier molecular flexibility index (Phi) is 27.8. The zero-order valence-corrected chi connectivity index (χ0v) is 55.9. The largest absolute Gasteiger partial charge is 0.493 e. The molecule has 4 fully saturated rings. The highest BCUT2D eigenvalue weighted by atomic mass is 33.7. The molecule has 26 nitrogen and oxygen atoms in total. The molecule has 4 aliphatic heterocycles. The number of ketones is 1. The number of methoxy groups -OCH3 is 5. The van der Waals surface area contributed by atoms with Gasteiger partial charge in [-0.2, -0.15) is 17.2 Å². The summed E-state index contributed by atoms with van der Waals surface area (Å²) in [5.74, 6) is 8.62. The Morgan fingerprint density at radius 3 is 2.22 bits per heavy atom. The number of Topliss-reactive ketones (excluding diaryl/α,β-unsaturated/α-hetero) is 1. The van der Waals surface area contributed by atoms with Crippen molar-refractivity contribution in [1.82, 2.24) is 16.1 Å². The third-order valence-corrected chi connectivity index (χ3v) is 22.5. The molecule has 31 heteroatoms. The van der Waals surface area contributed by atoms with Crippen molar-refractivity contribution in [1.29, 1.82) is 0 Å². The molecule has 2 amide bonds. The molecule has 4 saturated heterocycles. The number of hydrogen-bond acceptors (Lipinski definition) is 29. The number of rotatable bonds is 26. The second-order valence-electron chi connectivity index (χ2n) is 21.5. The lowest BCUT2D eigenvalue weighted by Gasteiger charge is -2.47. The number of carbonyl (C=O) groups excluding carboxylic acids is 4. The number of ether oxygens (including phenoxy) is 13. The van der Waals surface area contributed by atoms with Gasteiger partial charge >= 0.3 is 12.1 Å². The van der Waals surface area contributed by atoms with Gasteiger partial charge in [0.05, 0.1) is 99.8 Å². The van der Waals surface area contributed by atoms with Crippen LogP contribution >= 0.6 is 53.0 Å². The van der Waals surface area contributed by atoms with Crippen molar-refractivity contribution in [3.63, 3.8) is 0 Å². The molecule has 6 aliphatic rings. The molecule has 19 atom stereocenters. The van der Waals surface area contributed by atoms with Crippen molar-refractivity contribution in [2.75, 3.05) is 65.7 Å². The summed E-state index contributed by atoms with van der Waals surface area (Å²) in [6.07, 6.45) is -11.7. The van der Waals surface area contributed by atoms with E-state index in [0.29, 0.717) is 0 Å². The Labute approximate surface area is 542 Å². The van der Waals surface area contributed by atoms with Crippen LogP contribution in [0.5, 0.6) is 11.5 Å². The Hall–Kier alpha value is -4.27. The summed E-state index contributed by atoms with van der Waals surface area (Å²) < 4.78 is 78.0. The number of alkyl carbamates (subject to hydrolysis) is 1. The van der Waals surface area contributed by atoms with Gasteiger partial charge in [-0.05, 0) is 65.1 Å². The van der Waals surface area contributed by atoms with E-state index in [0.717, 1.165) is 7.11 Å². The van der Waals surface area contributed by atoms with E-state index >= 15 is 4.79 Å². The number of nitrogens with one attached hydrogen (secondary N) is 4. The minimum absolute atomic E-state index is 0.0839. The highest BCUT2D eigenvalue weighted by Gasteiger charge is 2.57. The highest BCUT2D eigenvalue weighted by Crippen LogP contribution is 2.46. The predicted octanol–water partition coefficient (Wildman–Crippen LogP) is 4.06. The van der Waals surface area contributed by atoms with Crippen LogP contribution in [0.1, 0.15) is 64.2 Å². The Bertz CT molecular complexity index is 2910. The SMILES string of the molecule is C=C(OC)C(=O)Nc1cc(OC)c(OC)cc1C(=O)OC1CC(OC2C(=O)C(NC(=O)OC)=C3C(=CCSSSSC)C2(O)C#CC=CC#CC3OC2OC(C)C(NOC3CC(O)C(SC)C(C)O3)C(O)C2OC2CC(OC)C(NC(C)C)CO2)OC(C)C1O. The summed E-state index contributed by atoms with van der Waals surface area (Å²) in [6.45, 7) is 12.6. The second kappa shape index (κ2) is 34.2. The third kappa shape index (κ3) is 17.9. The first-order chi connectivity index (χ1) is 43.0. The quantitative estimate of drug-likeness (QED) is 0.0123. The number of benzene rings is 1. The average Bonchev–Trinajstić information content (AvgIpc) is 0.759. The van der Waals surface area contributed by atoms with Gasteiger partial charge in [0.25, 0.3) is 5.91 Å². The first kappa shape index (κ1) is 73.1. The molecule has 8 N–H and O–H groups in total. The zero-order chi connectivity index (χ0) is 65.6. The third-order valence-electron chi connectivity index (χ3n) is 15.3. The van der Waals surface area contributed by atoms with E-state index in [2.05, 4.69) is 51.7 Å². The monoisotopic (exact) mass is 1360 g/mol. The number of aliphatic hydroxyl groups is 4. The second-order valence-corrected chi connectivity index (χ2v) is 28.6. The lowest BCUT2D eigenvalue weighted by atomic mass is 9.73. The summed E-state index contributed by atoms with van der Waals surface area (Å²) in [6, 6.07) is 1.39. The highest BCUT2D eigenvalue weighted by molar-refractivity contribution is 9.26. The molecule has 0 spiro atoms. The number of esters is 1. The Morgan fingerprint density at radius 1 is 0.844 bits per heavy atom. The number of amides is 2. The number of anilines is 1. The van der Waals surface area contributed by atoms with Gasteiger partial charge in [0.1, 0.15) is 30.5 Å². The topological polar surface area (TPSA) is 327 Å². The minimum atomic E-state index is -2.67. The van der Waals surface area contributed by atoms with Crippen molar-refractivity contribution in [2.45, 2.75) is 175 Å². The van der Waals surface area contributed by atoms with Crippen molar-refractivity contribution < 1.29 is 106 Å². The maximum atomic E-state index is 15.6. The van der Waals surface area contributed by atoms with E-state index in [9.17, 15) is 34.8 Å². The van der Waals surface area contributed by atoms with E-state index in [1.54, 1.807) is 20.1 Å². The fourth-order valence-electron chi connectivity index (χ4n) is 10.8. The predicted molar refractivity (Wildman–Crippen MR) is 337 cm³/mol. The van der Waals surface area contributed by atoms with Gasteiger partial charge in [-0.25, -0.2) is 9.59 Å². The van der Waals surface area contributed by atoms with Gasteiger partial charge < -0.3 is 92.6 Å². The summed E-state index contributed by atoms with van der Waals surface area (Å²) >= 11 is 1.47. The molecule has 1 aromatic carbocycles. The molecule has 0 saturated carbocycles. The van der Waals surface area contributed by atoms with Crippen LogP contribution in [0.3, 0.4) is 0 Å². The molecule has 2 aliphatic carbocycles. The molecule has 0 aromatic heterocycles. The van der Waals surface area contributed by atoms with Crippen molar-refractivity contribution in [3.8, 4) is 35.2 Å². The summed E-state index contributed by atoms with van der Waals surface area (Å²) in [4.78, 5) is 62.6. The fraction of sp³-hybridized carbons (Fsp3) is 0.627. The van der Waals surface area contributed by atoms with Gasteiger partial charge in [-0.15, -0.1) is 0 Å². The molecule has 4 heterocycles. The van der Waals surface area contributed by atoms with E-state index in [-0.39, 0.29) is 88.3 Å². The van der Waals surface area contributed by atoms with E-state index in [4.69, 9.17) is 66.4 Å². The van der Waals surface area contributed by atoms with E-state index < -0.39 is 134 Å². The van der Waals surface area contributed by atoms with Crippen LogP contribution in [-0.2, 0) is 66.5 Å². The van der Waals surface area contributed by atoms with E-state index in [1.807, 2.05) is 33.3 Å². The zero-order valence-electron chi connectivity index (χ0n) is 51.8. The molecule has 19 unspecified atom stereocenters. The van der Waals surface area contributed by atoms with Gasteiger partial charge in [0.15, 0.2) is 54.1 Å². The van der Waals surface area contributed by atoms with Crippen LogP contribution in [0, 0.1) is 23.7 Å². The standard InChI is InChI=1S/C59H80N4O22S5/c1-28(2)60-36-27-77-43(25-39(36)73-8)83-52-50(66)47(63-85-45-24-37(64)53(86-12)31(5)79-45)29(3)80-57(52)82-38-18-16-14-15-17-20-59(71)34(19-21-88-90-89-87-13)46(38)48(62-58(70)76-11)51(67)54(59)84-44-26-42(49(65)30(4)78-44)81-56(69)33-22-40(74-9)41(75-10)23-35(33)61-55(68)32(6)72-7/h14-15,19,22-23,28-31,36-39,42-45,47,49-50,52-54,57,60,63-66,71H,6,21,24-27H2,1-5,7-13H3,(H,61,68)(H,62,70). The Morgan fingerprint density at radius 2 is 1.56 bits per heavy atom. The van der Waals surface area contributed by atoms with Crippen molar-refractivity contribution >= 4 is 82.4 Å². The molecule has 90 heavy (non-hydrogen) atoms. The number of aliphatic hydroxyl groups excluding tert-OH is 3. The average molecular weight is 1360 g/mol. The first-order valence-electron chi connectivity index (χ1n) is 28.6. The molecule has 7 rings (SSSR count). The summed E-state index contributed by atoms with van der Waals surface area (Å²) in [7, 11) is 12.3. The maximum Gasteiger partial charge on any atom is 0.411 e. The van der Waals surface area contributed by atoms with Gasteiger partial charge in [0, 0.05) is 61.4 Å². The molecular formula is C59H80N4O22S5. The number of thioether (sulfide) groups is 1. The number of allylic oxidation sites excluding steroid dienone is 2. The lowest BCUT2D eigenvalue weighted by molar-refractivity contribution is -0.336. The number of carbonyl (C=O) groups is 4. The maximum absolute atomic E-state index is 15.6. The molecular weight excluding hydrogens is 1280 g/mol.